The largest absolute Gasteiger partial charge is 0.483 e. The molecule has 0 aliphatic heterocycles. The first-order valence-electron chi connectivity index (χ1n) is 11.1. The molecule has 0 bridgehead atoms. The molecule has 3 aromatic carbocycles. The molecule has 2 amide bonds. The molecular formula is C27H28BrClN2O4. The van der Waals surface area contributed by atoms with Crippen LogP contribution in [0.2, 0.25) is 5.02 Å². The number of halogens is 2. The maximum absolute atomic E-state index is 12.4. The lowest BCUT2D eigenvalue weighted by atomic mass is 9.87. The van der Waals surface area contributed by atoms with Crippen molar-refractivity contribution in [2.75, 3.05) is 17.2 Å². The Hall–Kier alpha value is -3.03. The molecule has 0 heterocycles. The normalized spacial score (nSPS) is 11.9. The Morgan fingerprint density at radius 2 is 1.57 bits per heavy atom. The van der Waals surface area contributed by atoms with Gasteiger partial charge in [0.05, 0.1) is 9.50 Å². The molecule has 0 aromatic heterocycles. The summed E-state index contributed by atoms with van der Waals surface area (Å²) in [6, 6.07) is 19.6. The van der Waals surface area contributed by atoms with Crippen molar-refractivity contribution in [2.24, 2.45) is 0 Å². The van der Waals surface area contributed by atoms with Crippen molar-refractivity contribution in [3.8, 4) is 11.5 Å². The van der Waals surface area contributed by atoms with Crippen LogP contribution in [0.5, 0.6) is 11.5 Å². The monoisotopic (exact) mass is 558 g/mol. The number of benzene rings is 3. The number of hydrogen-bond donors (Lipinski definition) is 2. The zero-order valence-electron chi connectivity index (χ0n) is 20.0. The van der Waals surface area contributed by atoms with Gasteiger partial charge in [0.1, 0.15) is 11.5 Å². The number of carbonyl (C=O) groups excluding carboxylic acids is 2. The first-order valence-corrected chi connectivity index (χ1v) is 12.2. The third-order valence-electron chi connectivity index (χ3n) is 5.10. The second-order valence-corrected chi connectivity index (χ2v) is 10.3. The van der Waals surface area contributed by atoms with Crippen molar-refractivity contribution in [3.05, 3.63) is 81.8 Å². The second-order valence-electron chi connectivity index (χ2n) is 8.99. The molecule has 0 fully saturated rings. The molecule has 184 valence electrons. The van der Waals surface area contributed by atoms with Gasteiger partial charge in [-0.2, -0.15) is 0 Å². The van der Waals surface area contributed by atoms with E-state index in [9.17, 15) is 9.59 Å². The molecule has 0 saturated heterocycles. The number of amides is 2. The number of ether oxygens (including phenoxy) is 2. The van der Waals surface area contributed by atoms with E-state index in [1.54, 1.807) is 55.5 Å². The maximum atomic E-state index is 12.4. The fraction of sp³-hybridized carbons (Fsp3) is 0.259. The van der Waals surface area contributed by atoms with E-state index in [1.807, 2.05) is 18.2 Å². The standard InChI is InChI=1S/C27H28BrClN2O4/c1-17(35-24-8-6-5-7-22(24)29)26(33)31-20-12-10-19(11-13-20)30-25(32)16-34-23-14-9-18(15-21(23)28)27(2,3)4/h5-15,17H,16H2,1-4H3,(H,30,32)(H,31,33). The number of carbonyl (C=O) groups is 2. The molecule has 0 saturated carbocycles. The van der Waals surface area contributed by atoms with Crippen LogP contribution in [0.25, 0.3) is 0 Å². The summed E-state index contributed by atoms with van der Waals surface area (Å²) >= 11 is 9.59. The van der Waals surface area contributed by atoms with E-state index in [0.29, 0.717) is 27.9 Å². The Kier molecular flexibility index (Phi) is 8.81. The predicted molar refractivity (Wildman–Crippen MR) is 144 cm³/mol. The van der Waals surface area contributed by atoms with Crippen LogP contribution in [0.15, 0.2) is 71.2 Å². The zero-order valence-corrected chi connectivity index (χ0v) is 22.4. The fourth-order valence-corrected chi connectivity index (χ4v) is 3.76. The summed E-state index contributed by atoms with van der Waals surface area (Å²) in [5.41, 5.74) is 2.34. The summed E-state index contributed by atoms with van der Waals surface area (Å²) in [7, 11) is 0. The van der Waals surface area contributed by atoms with Crippen LogP contribution in [-0.2, 0) is 15.0 Å². The third kappa shape index (κ3) is 7.73. The van der Waals surface area contributed by atoms with Crippen LogP contribution in [0.1, 0.15) is 33.3 Å². The average Bonchev–Trinajstić information content (AvgIpc) is 2.80. The third-order valence-corrected chi connectivity index (χ3v) is 6.03. The summed E-state index contributed by atoms with van der Waals surface area (Å²) < 4.78 is 12.1. The predicted octanol–water partition coefficient (Wildman–Crippen LogP) is 6.82. The SMILES string of the molecule is CC(Oc1ccccc1Cl)C(=O)Nc1ccc(NC(=O)COc2ccc(C(C)(C)C)cc2Br)cc1. The van der Waals surface area contributed by atoms with E-state index in [2.05, 4.69) is 47.3 Å². The molecule has 1 atom stereocenters. The van der Waals surface area contributed by atoms with Gasteiger partial charge in [-0.3, -0.25) is 9.59 Å². The number of nitrogens with one attached hydrogen (secondary N) is 2. The molecule has 35 heavy (non-hydrogen) atoms. The minimum Gasteiger partial charge on any atom is -0.483 e. The van der Waals surface area contributed by atoms with Gasteiger partial charge in [0.2, 0.25) is 0 Å². The first kappa shape index (κ1) is 26.6. The van der Waals surface area contributed by atoms with E-state index in [4.69, 9.17) is 21.1 Å². The highest BCUT2D eigenvalue weighted by molar-refractivity contribution is 9.10. The summed E-state index contributed by atoms with van der Waals surface area (Å²) in [5.74, 6) is 0.419. The summed E-state index contributed by atoms with van der Waals surface area (Å²) in [4.78, 5) is 24.8. The smallest absolute Gasteiger partial charge is 0.265 e. The Labute approximate surface area is 219 Å². The lowest BCUT2D eigenvalue weighted by Crippen LogP contribution is -2.30. The van der Waals surface area contributed by atoms with Gasteiger partial charge in [0.25, 0.3) is 11.8 Å². The molecular weight excluding hydrogens is 532 g/mol. The van der Waals surface area contributed by atoms with Crippen molar-refractivity contribution >= 4 is 50.7 Å². The molecule has 0 aliphatic rings. The Morgan fingerprint density at radius 1 is 0.943 bits per heavy atom. The van der Waals surface area contributed by atoms with Gasteiger partial charge in [-0.15, -0.1) is 0 Å². The minimum absolute atomic E-state index is 0.0186. The van der Waals surface area contributed by atoms with Gasteiger partial charge >= 0.3 is 0 Å². The molecule has 0 spiro atoms. The van der Waals surface area contributed by atoms with Crippen LogP contribution in [0, 0.1) is 0 Å². The van der Waals surface area contributed by atoms with Gasteiger partial charge in [-0.05, 0) is 82.4 Å². The van der Waals surface area contributed by atoms with Crippen molar-refractivity contribution in [1.82, 2.24) is 0 Å². The summed E-state index contributed by atoms with van der Waals surface area (Å²) in [6.07, 6.45) is -0.747. The molecule has 0 aliphatic carbocycles. The van der Waals surface area contributed by atoms with E-state index in [-0.39, 0.29) is 23.8 Å². The van der Waals surface area contributed by atoms with Gasteiger partial charge in [-0.1, -0.05) is 50.6 Å². The molecule has 8 heteroatoms. The van der Waals surface area contributed by atoms with Crippen LogP contribution in [0.3, 0.4) is 0 Å². The van der Waals surface area contributed by atoms with Crippen molar-refractivity contribution in [2.45, 2.75) is 39.2 Å². The quantitative estimate of drug-likeness (QED) is 0.317. The average molecular weight is 560 g/mol. The van der Waals surface area contributed by atoms with Crippen molar-refractivity contribution in [3.63, 3.8) is 0 Å². The summed E-state index contributed by atoms with van der Waals surface area (Å²) in [6.45, 7) is 7.91. The maximum Gasteiger partial charge on any atom is 0.265 e. The first-order chi connectivity index (χ1) is 16.5. The highest BCUT2D eigenvalue weighted by Gasteiger charge is 2.17. The number of hydrogen-bond acceptors (Lipinski definition) is 4. The zero-order chi connectivity index (χ0) is 25.6. The number of para-hydroxylation sites is 1. The van der Waals surface area contributed by atoms with Crippen molar-refractivity contribution in [1.29, 1.82) is 0 Å². The molecule has 6 nitrogen and oxygen atoms in total. The Balaban J connectivity index is 1.49. The lowest BCUT2D eigenvalue weighted by molar-refractivity contribution is -0.122. The van der Waals surface area contributed by atoms with E-state index in [1.165, 1.54) is 0 Å². The highest BCUT2D eigenvalue weighted by Crippen LogP contribution is 2.31. The molecule has 3 rings (SSSR count). The van der Waals surface area contributed by atoms with Gasteiger partial charge in [0, 0.05) is 11.4 Å². The molecule has 3 aromatic rings. The highest BCUT2D eigenvalue weighted by atomic mass is 79.9. The molecule has 0 radical (unpaired) electrons. The summed E-state index contributed by atoms with van der Waals surface area (Å²) in [5, 5.41) is 5.99. The molecule has 1 unspecified atom stereocenters. The van der Waals surface area contributed by atoms with Gasteiger partial charge < -0.3 is 20.1 Å². The van der Waals surface area contributed by atoms with Crippen LogP contribution < -0.4 is 20.1 Å². The molecule has 2 N–H and O–H groups in total. The lowest BCUT2D eigenvalue weighted by Gasteiger charge is -2.20. The van der Waals surface area contributed by atoms with E-state index in [0.717, 1.165) is 10.0 Å². The van der Waals surface area contributed by atoms with Gasteiger partial charge in [-0.25, -0.2) is 0 Å². The van der Waals surface area contributed by atoms with E-state index >= 15 is 0 Å². The Morgan fingerprint density at radius 3 is 2.17 bits per heavy atom. The topological polar surface area (TPSA) is 76.7 Å². The fourth-order valence-electron chi connectivity index (χ4n) is 3.09. The van der Waals surface area contributed by atoms with Crippen molar-refractivity contribution < 1.29 is 19.1 Å². The second kappa shape index (κ2) is 11.6. The van der Waals surface area contributed by atoms with Crippen LogP contribution in [0.4, 0.5) is 11.4 Å². The van der Waals surface area contributed by atoms with E-state index < -0.39 is 6.10 Å². The number of rotatable bonds is 8. The van der Waals surface area contributed by atoms with Gasteiger partial charge in [0.15, 0.2) is 12.7 Å². The minimum atomic E-state index is -0.747. The number of anilines is 2. The Bertz CT molecular complexity index is 1190. The van der Waals surface area contributed by atoms with Crippen LogP contribution in [-0.4, -0.2) is 24.5 Å². The van der Waals surface area contributed by atoms with Crippen LogP contribution >= 0.6 is 27.5 Å².